The van der Waals surface area contributed by atoms with E-state index in [0.717, 1.165) is 37.7 Å². The van der Waals surface area contributed by atoms with Crippen molar-refractivity contribution in [2.45, 2.75) is 83.0 Å². The van der Waals surface area contributed by atoms with E-state index in [9.17, 15) is 9.59 Å². The predicted octanol–water partition coefficient (Wildman–Crippen LogP) is 6.37. The van der Waals surface area contributed by atoms with Gasteiger partial charge in [-0.05, 0) is 73.8 Å². The first-order valence-corrected chi connectivity index (χ1v) is 13.6. The van der Waals surface area contributed by atoms with E-state index in [1.807, 2.05) is 55.1 Å². The van der Waals surface area contributed by atoms with E-state index in [1.165, 1.54) is 24.0 Å². The van der Waals surface area contributed by atoms with E-state index in [0.29, 0.717) is 24.8 Å². The molecule has 7 nitrogen and oxygen atoms in total. The molecule has 0 spiro atoms. The minimum absolute atomic E-state index is 0.0441. The zero-order valence-electron chi connectivity index (χ0n) is 21.8. The van der Waals surface area contributed by atoms with Crippen molar-refractivity contribution >= 4 is 12.2 Å². The standard InChI is InChI=1S/C30H37NO6/c1-3-21(2)37-29(33)36-20-35-24-13-12-23-17-27-25-11-7-8-14-30(25,26(23)18-24)15-16-31(27)28(32)34-19-22-9-5-4-6-10-22/h4-6,9-10,12-13,18,21,25,27H,3,7-8,11,14-17,19-20H2,1-2H3/t21?,25-,27+,30-/m1/s1. The van der Waals surface area contributed by atoms with Crippen molar-refractivity contribution in [3.63, 3.8) is 0 Å². The lowest BCUT2D eigenvalue weighted by Crippen LogP contribution is -2.62. The molecule has 1 unspecified atom stereocenters. The fourth-order valence-electron chi connectivity index (χ4n) is 6.53. The van der Waals surface area contributed by atoms with Crippen LogP contribution in [0.2, 0.25) is 0 Å². The lowest BCUT2D eigenvalue weighted by molar-refractivity contribution is -0.0163. The number of likely N-dealkylation sites (tertiary alicyclic amines) is 1. The number of nitrogens with zero attached hydrogens (tertiary/aromatic N) is 1. The van der Waals surface area contributed by atoms with Gasteiger partial charge in [0.15, 0.2) is 0 Å². The molecule has 2 aliphatic carbocycles. The average molecular weight is 508 g/mol. The van der Waals surface area contributed by atoms with Gasteiger partial charge in [-0.1, -0.05) is 56.2 Å². The molecule has 2 aromatic carbocycles. The lowest BCUT2D eigenvalue weighted by atomic mass is 9.52. The van der Waals surface area contributed by atoms with Crippen LogP contribution in [0.15, 0.2) is 48.5 Å². The molecule has 37 heavy (non-hydrogen) atoms. The van der Waals surface area contributed by atoms with Crippen molar-refractivity contribution < 1.29 is 28.5 Å². The molecule has 2 bridgehead atoms. The molecule has 0 aromatic heterocycles. The Labute approximate surface area is 219 Å². The molecule has 4 atom stereocenters. The van der Waals surface area contributed by atoms with Crippen LogP contribution in [0.25, 0.3) is 0 Å². The number of benzene rings is 2. The molecule has 3 aliphatic rings. The number of amides is 1. The van der Waals surface area contributed by atoms with E-state index < -0.39 is 6.16 Å². The number of hydrogen-bond donors (Lipinski definition) is 0. The summed E-state index contributed by atoms with van der Waals surface area (Å²) >= 11 is 0. The normalized spacial score (nSPS) is 24.8. The summed E-state index contributed by atoms with van der Waals surface area (Å²) in [5.74, 6) is 1.10. The maximum atomic E-state index is 13.2. The van der Waals surface area contributed by atoms with Crippen LogP contribution >= 0.6 is 0 Å². The highest BCUT2D eigenvalue weighted by Crippen LogP contribution is 2.56. The van der Waals surface area contributed by atoms with Gasteiger partial charge in [0.25, 0.3) is 0 Å². The number of carbonyl (C=O) groups excluding carboxylic acids is 2. The van der Waals surface area contributed by atoms with Gasteiger partial charge < -0.3 is 23.8 Å². The van der Waals surface area contributed by atoms with Crippen molar-refractivity contribution in [2.24, 2.45) is 5.92 Å². The number of ether oxygens (including phenoxy) is 4. The maximum Gasteiger partial charge on any atom is 0.511 e. The fourth-order valence-corrected chi connectivity index (χ4v) is 6.53. The molecule has 1 saturated carbocycles. The third kappa shape index (κ3) is 5.27. The van der Waals surface area contributed by atoms with Crippen LogP contribution in [0.3, 0.4) is 0 Å². The Morgan fingerprint density at radius 1 is 1.08 bits per heavy atom. The van der Waals surface area contributed by atoms with Gasteiger partial charge in [0, 0.05) is 18.0 Å². The highest BCUT2D eigenvalue weighted by atomic mass is 16.8. The molecule has 0 radical (unpaired) electrons. The average Bonchev–Trinajstić information content (AvgIpc) is 2.92. The Balaban J connectivity index is 1.29. The van der Waals surface area contributed by atoms with Crippen LogP contribution in [0.5, 0.6) is 5.75 Å². The topological polar surface area (TPSA) is 74.3 Å². The Morgan fingerprint density at radius 3 is 2.73 bits per heavy atom. The largest absolute Gasteiger partial charge is 0.511 e. The summed E-state index contributed by atoms with van der Waals surface area (Å²) in [6, 6.07) is 16.2. The number of piperidine rings is 1. The van der Waals surface area contributed by atoms with Crippen molar-refractivity contribution in [1.82, 2.24) is 4.90 Å². The van der Waals surface area contributed by atoms with Gasteiger partial charge in [-0.15, -0.1) is 0 Å². The number of carbonyl (C=O) groups is 2. The van der Waals surface area contributed by atoms with Crippen molar-refractivity contribution in [3.8, 4) is 5.75 Å². The van der Waals surface area contributed by atoms with Gasteiger partial charge in [-0.25, -0.2) is 9.59 Å². The van der Waals surface area contributed by atoms with Crippen LogP contribution in [-0.4, -0.2) is 42.6 Å². The molecule has 0 N–H and O–H groups in total. The van der Waals surface area contributed by atoms with Gasteiger partial charge in [-0.3, -0.25) is 0 Å². The minimum atomic E-state index is -0.715. The lowest BCUT2D eigenvalue weighted by Gasteiger charge is -2.58. The first-order valence-electron chi connectivity index (χ1n) is 13.6. The van der Waals surface area contributed by atoms with E-state index in [2.05, 4.69) is 12.1 Å². The van der Waals surface area contributed by atoms with Crippen molar-refractivity contribution in [2.75, 3.05) is 13.3 Å². The highest BCUT2D eigenvalue weighted by Gasteiger charge is 2.55. The third-order valence-electron chi connectivity index (χ3n) is 8.52. The quantitative estimate of drug-likeness (QED) is 0.320. The van der Waals surface area contributed by atoms with Crippen molar-refractivity contribution in [1.29, 1.82) is 0 Å². The second-order valence-corrected chi connectivity index (χ2v) is 10.6. The summed E-state index contributed by atoms with van der Waals surface area (Å²) in [6.45, 7) is 4.58. The molecule has 2 fully saturated rings. The Bertz CT molecular complexity index is 1100. The first-order chi connectivity index (χ1) is 18.0. The van der Waals surface area contributed by atoms with Crippen LogP contribution in [0.1, 0.15) is 69.1 Å². The molecule has 7 heteroatoms. The van der Waals surface area contributed by atoms with Crippen LogP contribution in [0.4, 0.5) is 9.59 Å². The Morgan fingerprint density at radius 2 is 1.92 bits per heavy atom. The Hall–Kier alpha value is -3.22. The number of rotatable bonds is 7. The van der Waals surface area contributed by atoms with Crippen LogP contribution < -0.4 is 4.74 Å². The second kappa shape index (κ2) is 11.0. The van der Waals surface area contributed by atoms with Gasteiger partial charge >= 0.3 is 12.2 Å². The molecule has 2 aromatic rings. The summed E-state index contributed by atoms with van der Waals surface area (Å²) in [4.78, 5) is 27.0. The van der Waals surface area contributed by atoms with Gasteiger partial charge in [0.05, 0.1) is 0 Å². The molecule has 198 valence electrons. The van der Waals surface area contributed by atoms with E-state index in [1.54, 1.807) is 0 Å². The van der Waals surface area contributed by atoms with Crippen molar-refractivity contribution in [3.05, 3.63) is 65.2 Å². The molecular weight excluding hydrogens is 470 g/mol. The maximum absolute atomic E-state index is 13.2. The highest BCUT2D eigenvalue weighted by molar-refractivity contribution is 5.69. The van der Waals surface area contributed by atoms with E-state index in [4.69, 9.17) is 18.9 Å². The minimum Gasteiger partial charge on any atom is -0.457 e. The first kappa shape index (κ1) is 25.4. The van der Waals surface area contributed by atoms with E-state index >= 15 is 0 Å². The zero-order chi connectivity index (χ0) is 25.8. The van der Waals surface area contributed by atoms with Crippen LogP contribution in [-0.2, 0) is 32.7 Å². The third-order valence-corrected chi connectivity index (χ3v) is 8.52. The molecule has 1 saturated heterocycles. The van der Waals surface area contributed by atoms with Gasteiger partial charge in [0.2, 0.25) is 6.79 Å². The number of hydrogen-bond acceptors (Lipinski definition) is 6. The fraction of sp³-hybridized carbons (Fsp3) is 0.533. The molecular formula is C30H37NO6. The zero-order valence-corrected chi connectivity index (χ0v) is 21.8. The monoisotopic (exact) mass is 507 g/mol. The van der Waals surface area contributed by atoms with Gasteiger partial charge in [0.1, 0.15) is 18.5 Å². The molecule has 1 amide bonds. The number of fused-ring (bicyclic) bond motifs is 1. The summed E-state index contributed by atoms with van der Waals surface area (Å²) in [7, 11) is 0. The SMILES string of the molecule is CCC(C)OC(=O)OCOc1ccc2c(c1)[C@@]13CCCC[C@@H]1[C@H](C2)N(C(=O)OCc1ccccc1)CC3. The summed E-state index contributed by atoms with van der Waals surface area (Å²) < 4.78 is 21.8. The molecule has 5 rings (SSSR count). The van der Waals surface area contributed by atoms with Crippen LogP contribution in [0, 0.1) is 5.92 Å². The predicted molar refractivity (Wildman–Crippen MR) is 138 cm³/mol. The Kier molecular flexibility index (Phi) is 7.58. The summed E-state index contributed by atoms with van der Waals surface area (Å²) in [5, 5.41) is 0. The summed E-state index contributed by atoms with van der Waals surface area (Å²) in [5.41, 5.74) is 3.65. The smallest absolute Gasteiger partial charge is 0.457 e. The van der Waals surface area contributed by atoms with Gasteiger partial charge in [-0.2, -0.15) is 0 Å². The molecule has 1 aliphatic heterocycles. The second-order valence-electron chi connectivity index (χ2n) is 10.6. The summed E-state index contributed by atoms with van der Waals surface area (Å²) in [6.07, 6.45) is 5.97. The van der Waals surface area contributed by atoms with E-state index in [-0.39, 0.29) is 30.4 Å². The molecule has 1 heterocycles.